The summed E-state index contributed by atoms with van der Waals surface area (Å²) >= 11 is 0. The Labute approximate surface area is 104 Å². The van der Waals surface area contributed by atoms with Gasteiger partial charge in [-0.3, -0.25) is 9.88 Å². The molecule has 2 rings (SSSR count). The minimum absolute atomic E-state index is 0.850. The van der Waals surface area contributed by atoms with Gasteiger partial charge in [0.05, 0.1) is 5.69 Å². The van der Waals surface area contributed by atoms with Gasteiger partial charge in [0.15, 0.2) is 0 Å². The summed E-state index contributed by atoms with van der Waals surface area (Å²) in [7, 11) is 0. The molecule has 1 atom stereocenters. The molecule has 0 amide bonds. The molecule has 3 heteroatoms. The molecule has 94 valence electrons. The molecular weight excluding hydrogens is 210 g/mol. The van der Waals surface area contributed by atoms with Gasteiger partial charge < -0.3 is 5.32 Å². The molecule has 1 aromatic rings. The van der Waals surface area contributed by atoms with Gasteiger partial charge in [0.2, 0.25) is 0 Å². The van der Waals surface area contributed by atoms with E-state index in [1.807, 2.05) is 6.20 Å². The molecular formula is C14H23N3. The second kappa shape index (κ2) is 6.12. The number of aromatic nitrogens is 1. The number of nitrogens with one attached hydrogen (secondary N) is 1. The van der Waals surface area contributed by atoms with Crippen LogP contribution in [0.25, 0.3) is 0 Å². The minimum Gasteiger partial charge on any atom is -0.313 e. The number of rotatable bonds is 5. The van der Waals surface area contributed by atoms with Crippen LogP contribution in [-0.2, 0) is 13.1 Å². The molecule has 0 bridgehead atoms. The summed E-state index contributed by atoms with van der Waals surface area (Å²) in [5.41, 5.74) is 2.46. The van der Waals surface area contributed by atoms with E-state index >= 15 is 0 Å². The number of likely N-dealkylation sites (tertiary alicyclic amines) is 1. The zero-order valence-corrected chi connectivity index (χ0v) is 10.9. The molecule has 1 N–H and O–H groups in total. The van der Waals surface area contributed by atoms with Gasteiger partial charge in [-0.25, -0.2) is 0 Å². The quantitative estimate of drug-likeness (QED) is 0.843. The van der Waals surface area contributed by atoms with Crippen molar-refractivity contribution in [2.45, 2.75) is 33.4 Å². The summed E-state index contributed by atoms with van der Waals surface area (Å²) in [5.74, 6) is 0.850. The third-order valence-corrected chi connectivity index (χ3v) is 3.36. The molecule has 1 aliphatic heterocycles. The minimum atomic E-state index is 0.850. The van der Waals surface area contributed by atoms with Crippen LogP contribution < -0.4 is 5.32 Å². The number of hydrogen-bond donors (Lipinski definition) is 1. The van der Waals surface area contributed by atoms with Gasteiger partial charge in [-0.15, -0.1) is 0 Å². The fraction of sp³-hybridized carbons (Fsp3) is 0.643. The standard InChI is InChI=1S/C14H23N3/c1-3-15-8-13-4-5-14(16-9-13)11-17-7-6-12(2)10-17/h4-5,9,12,15H,3,6-8,10-11H2,1-2H3. The van der Waals surface area contributed by atoms with Crippen LogP contribution in [0.5, 0.6) is 0 Å². The van der Waals surface area contributed by atoms with E-state index < -0.39 is 0 Å². The summed E-state index contributed by atoms with van der Waals surface area (Å²) in [6.45, 7) is 9.83. The van der Waals surface area contributed by atoms with E-state index in [-0.39, 0.29) is 0 Å². The highest BCUT2D eigenvalue weighted by Crippen LogP contribution is 2.17. The van der Waals surface area contributed by atoms with Crippen molar-refractivity contribution in [1.29, 1.82) is 0 Å². The number of hydrogen-bond acceptors (Lipinski definition) is 3. The van der Waals surface area contributed by atoms with Gasteiger partial charge in [-0.2, -0.15) is 0 Å². The van der Waals surface area contributed by atoms with Crippen LogP contribution in [0.3, 0.4) is 0 Å². The van der Waals surface area contributed by atoms with Crippen molar-refractivity contribution >= 4 is 0 Å². The SMILES string of the molecule is CCNCc1ccc(CN2CCC(C)C2)nc1. The van der Waals surface area contributed by atoms with Crippen molar-refractivity contribution in [3.05, 3.63) is 29.6 Å². The van der Waals surface area contributed by atoms with E-state index in [4.69, 9.17) is 0 Å². The maximum atomic E-state index is 4.54. The third kappa shape index (κ3) is 3.79. The highest BCUT2D eigenvalue weighted by molar-refractivity contribution is 5.14. The van der Waals surface area contributed by atoms with E-state index in [1.54, 1.807) is 0 Å². The lowest BCUT2D eigenvalue weighted by atomic mass is 10.2. The lowest BCUT2D eigenvalue weighted by Crippen LogP contribution is -2.20. The Morgan fingerprint density at radius 1 is 1.47 bits per heavy atom. The van der Waals surface area contributed by atoms with E-state index in [0.29, 0.717) is 0 Å². The van der Waals surface area contributed by atoms with Crippen molar-refractivity contribution in [3.63, 3.8) is 0 Å². The van der Waals surface area contributed by atoms with Crippen LogP contribution in [0.4, 0.5) is 0 Å². The zero-order valence-electron chi connectivity index (χ0n) is 10.9. The van der Waals surface area contributed by atoms with Crippen LogP contribution in [0.1, 0.15) is 31.5 Å². The Kier molecular flexibility index (Phi) is 4.51. The topological polar surface area (TPSA) is 28.2 Å². The average Bonchev–Trinajstić information content (AvgIpc) is 2.74. The molecule has 0 aliphatic carbocycles. The van der Waals surface area contributed by atoms with E-state index in [2.05, 4.69) is 41.2 Å². The fourth-order valence-electron chi connectivity index (χ4n) is 2.32. The molecule has 3 nitrogen and oxygen atoms in total. The number of nitrogens with zero attached hydrogens (tertiary/aromatic N) is 2. The summed E-state index contributed by atoms with van der Waals surface area (Å²) in [6, 6.07) is 4.35. The Hall–Kier alpha value is -0.930. The first-order valence-corrected chi connectivity index (χ1v) is 6.65. The van der Waals surface area contributed by atoms with Gasteiger partial charge in [0.1, 0.15) is 0 Å². The molecule has 0 aromatic carbocycles. The maximum Gasteiger partial charge on any atom is 0.0544 e. The van der Waals surface area contributed by atoms with Crippen LogP contribution in [-0.4, -0.2) is 29.5 Å². The van der Waals surface area contributed by atoms with Crippen molar-refractivity contribution in [2.24, 2.45) is 5.92 Å². The monoisotopic (exact) mass is 233 g/mol. The Morgan fingerprint density at radius 2 is 2.35 bits per heavy atom. The first-order chi connectivity index (χ1) is 8.28. The van der Waals surface area contributed by atoms with Crippen molar-refractivity contribution in [3.8, 4) is 0 Å². The lowest BCUT2D eigenvalue weighted by Gasteiger charge is -2.14. The Balaban J connectivity index is 1.85. The van der Waals surface area contributed by atoms with Crippen LogP contribution >= 0.6 is 0 Å². The third-order valence-electron chi connectivity index (χ3n) is 3.36. The molecule has 0 radical (unpaired) electrons. The van der Waals surface area contributed by atoms with Crippen LogP contribution in [0, 0.1) is 5.92 Å². The van der Waals surface area contributed by atoms with Crippen molar-refractivity contribution in [1.82, 2.24) is 15.2 Å². The molecule has 0 saturated carbocycles. The van der Waals surface area contributed by atoms with Gasteiger partial charge in [-0.05, 0) is 37.1 Å². The summed E-state index contributed by atoms with van der Waals surface area (Å²) in [4.78, 5) is 7.04. The normalized spacial score (nSPS) is 20.9. The van der Waals surface area contributed by atoms with Crippen molar-refractivity contribution < 1.29 is 0 Å². The first kappa shape index (κ1) is 12.5. The van der Waals surface area contributed by atoms with Gasteiger partial charge in [0.25, 0.3) is 0 Å². The molecule has 1 fully saturated rings. The predicted octanol–water partition coefficient (Wildman–Crippen LogP) is 2.03. The summed E-state index contributed by atoms with van der Waals surface area (Å²) in [5, 5.41) is 3.31. The van der Waals surface area contributed by atoms with Crippen molar-refractivity contribution in [2.75, 3.05) is 19.6 Å². The largest absolute Gasteiger partial charge is 0.313 e. The molecule has 1 saturated heterocycles. The highest BCUT2D eigenvalue weighted by atomic mass is 15.1. The highest BCUT2D eigenvalue weighted by Gasteiger charge is 2.18. The van der Waals surface area contributed by atoms with E-state index in [9.17, 15) is 0 Å². The molecule has 2 heterocycles. The second-order valence-corrected chi connectivity index (χ2v) is 5.07. The Morgan fingerprint density at radius 3 is 2.94 bits per heavy atom. The zero-order chi connectivity index (χ0) is 12.1. The van der Waals surface area contributed by atoms with E-state index in [1.165, 1.54) is 30.8 Å². The van der Waals surface area contributed by atoms with Gasteiger partial charge >= 0.3 is 0 Å². The van der Waals surface area contributed by atoms with Crippen LogP contribution in [0.2, 0.25) is 0 Å². The average molecular weight is 233 g/mol. The summed E-state index contributed by atoms with van der Waals surface area (Å²) < 4.78 is 0. The molecule has 1 aromatic heterocycles. The van der Waals surface area contributed by atoms with Gasteiger partial charge in [0, 0.05) is 25.8 Å². The number of pyridine rings is 1. The van der Waals surface area contributed by atoms with E-state index in [0.717, 1.165) is 25.6 Å². The fourth-order valence-corrected chi connectivity index (χ4v) is 2.32. The molecule has 1 unspecified atom stereocenters. The van der Waals surface area contributed by atoms with Crippen LogP contribution in [0.15, 0.2) is 18.3 Å². The predicted molar refractivity (Wildman–Crippen MR) is 70.7 cm³/mol. The summed E-state index contributed by atoms with van der Waals surface area (Å²) in [6.07, 6.45) is 3.33. The second-order valence-electron chi connectivity index (χ2n) is 5.07. The molecule has 1 aliphatic rings. The first-order valence-electron chi connectivity index (χ1n) is 6.65. The molecule has 0 spiro atoms. The molecule has 17 heavy (non-hydrogen) atoms. The Bertz CT molecular complexity index is 334. The van der Waals surface area contributed by atoms with Gasteiger partial charge in [-0.1, -0.05) is 19.9 Å². The lowest BCUT2D eigenvalue weighted by molar-refractivity contribution is 0.316. The smallest absolute Gasteiger partial charge is 0.0544 e. The maximum absolute atomic E-state index is 4.54.